The van der Waals surface area contributed by atoms with Gasteiger partial charge in [0.2, 0.25) is 0 Å². The number of halogens is 5. The Balaban J connectivity index is 0.000000200. The first-order chi connectivity index (χ1) is 28.9. The Kier molecular flexibility index (Phi) is 16.6. The van der Waals surface area contributed by atoms with Crippen LogP contribution in [0.1, 0.15) is 116 Å². The number of para-hydroxylation sites is 1. The van der Waals surface area contributed by atoms with Crippen molar-refractivity contribution in [2.75, 3.05) is 57.3 Å². The minimum absolute atomic E-state index is 0. The molecule has 7 nitrogen and oxygen atoms in total. The number of hydrogen-bond donors (Lipinski definition) is 1. The largest absolute Gasteiger partial charge is 0.462 e. The van der Waals surface area contributed by atoms with Crippen molar-refractivity contribution in [2.24, 2.45) is 34.5 Å². The van der Waals surface area contributed by atoms with E-state index in [-0.39, 0.29) is 54.3 Å². The number of anilines is 2. The fraction of sp³-hybridized carbons (Fsp3) is 0.673. The smallest absolute Gasteiger partial charge is 0.416 e. The molecule has 2 heterocycles. The van der Waals surface area contributed by atoms with Crippen LogP contribution in [-0.4, -0.2) is 85.2 Å². The number of fused-ring (bicyclic) bond motifs is 7. The first-order valence-corrected chi connectivity index (χ1v) is 23.9. The van der Waals surface area contributed by atoms with E-state index in [4.69, 9.17) is 9.84 Å². The number of nitrogens with zero attached hydrogens (tertiary/aromatic N) is 3. The van der Waals surface area contributed by atoms with Crippen LogP contribution in [0.15, 0.2) is 63.9 Å². The monoisotopic (exact) mass is 921 g/mol. The Morgan fingerprint density at radius 1 is 0.839 bits per heavy atom. The third-order valence-electron chi connectivity index (χ3n) is 16.1. The summed E-state index contributed by atoms with van der Waals surface area (Å²) < 4.78 is 46.1. The lowest BCUT2D eigenvalue weighted by Crippen LogP contribution is -2.51. The van der Waals surface area contributed by atoms with Gasteiger partial charge in [-0.3, -0.25) is 14.5 Å². The van der Waals surface area contributed by atoms with Crippen molar-refractivity contribution in [3.63, 3.8) is 0 Å². The summed E-state index contributed by atoms with van der Waals surface area (Å²) >= 11 is 1.53. The lowest BCUT2D eigenvalue weighted by atomic mass is 9.47. The van der Waals surface area contributed by atoms with Crippen LogP contribution in [-0.2, 0) is 20.5 Å². The van der Waals surface area contributed by atoms with E-state index in [0.29, 0.717) is 42.8 Å². The fourth-order valence-corrected chi connectivity index (χ4v) is 13.7. The molecule has 0 bridgehead atoms. The van der Waals surface area contributed by atoms with Crippen molar-refractivity contribution >= 4 is 59.7 Å². The molecule has 7 aliphatic rings. The average Bonchev–Trinajstić information content (AvgIpc) is 3.88. The quantitative estimate of drug-likeness (QED) is 0.236. The molecule has 0 spiro atoms. The number of β-amino-alcohol motifs (C(OH)–C–C–N with tert-alkyl or cyclic N) is 1. The molecule has 0 unspecified atom stereocenters. The topological polar surface area (TPSA) is 73.3 Å². The lowest BCUT2D eigenvalue weighted by Gasteiger charge is -2.57. The number of hydrogen-bond acceptors (Lipinski definition) is 8. The zero-order chi connectivity index (χ0) is 42.1. The third kappa shape index (κ3) is 10.5. The summed E-state index contributed by atoms with van der Waals surface area (Å²) in [6.45, 7) is 11.2. The van der Waals surface area contributed by atoms with Crippen LogP contribution in [0, 0.1) is 34.5 Å². The van der Waals surface area contributed by atoms with Crippen LogP contribution in [0.4, 0.5) is 24.5 Å². The van der Waals surface area contributed by atoms with E-state index in [1.165, 1.54) is 80.8 Å². The maximum atomic E-state index is 13.3. The molecule has 0 amide bonds. The molecule has 62 heavy (non-hydrogen) atoms. The highest BCUT2D eigenvalue weighted by atomic mass is 35.5. The second-order valence-electron chi connectivity index (χ2n) is 19.4. The summed E-state index contributed by atoms with van der Waals surface area (Å²) in [5.41, 5.74) is 2.84. The van der Waals surface area contributed by atoms with Gasteiger partial charge >= 0.3 is 12.1 Å². The van der Waals surface area contributed by atoms with E-state index < -0.39 is 11.7 Å². The van der Waals surface area contributed by atoms with Gasteiger partial charge in [0.15, 0.2) is 5.78 Å². The molecule has 2 aromatic carbocycles. The van der Waals surface area contributed by atoms with Crippen molar-refractivity contribution in [1.29, 1.82) is 0 Å². The number of alkyl halides is 3. The number of allylic oxidation sites excluding steroid dienone is 1. The van der Waals surface area contributed by atoms with Gasteiger partial charge < -0.3 is 19.6 Å². The molecule has 0 aromatic heterocycles. The highest BCUT2D eigenvalue weighted by Gasteiger charge is 2.60. The Bertz CT molecular complexity index is 1890. The average molecular weight is 923 g/mol. The predicted molar refractivity (Wildman–Crippen MR) is 246 cm³/mol. The van der Waals surface area contributed by atoms with E-state index >= 15 is 0 Å². The number of aliphatic hydroxyl groups is 1. The normalized spacial score (nSPS) is 29.6. The molecule has 2 aliphatic heterocycles. The molecule has 4 saturated carbocycles. The van der Waals surface area contributed by atoms with Gasteiger partial charge in [-0.25, -0.2) is 0 Å². The highest BCUT2D eigenvalue weighted by Crippen LogP contribution is 2.65. The summed E-state index contributed by atoms with van der Waals surface area (Å²) in [4.78, 5) is 33.3. The minimum Gasteiger partial charge on any atom is -0.462 e. The Hall–Kier alpha value is -2.28. The first kappa shape index (κ1) is 49.2. The number of piperazine rings is 1. The van der Waals surface area contributed by atoms with Crippen LogP contribution in [0.2, 0.25) is 0 Å². The molecule has 5 fully saturated rings. The number of carbonyl (C=O) groups is 2. The third-order valence-corrected chi connectivity index (χ3v) is 17.2. The summed E-state index contributed by atoms with van der Waals surface area (Å²) in [7, 11) is 0. The van der Waals surface area contributed by atoms with Crippen LogP contribution in [0.3, 0.4) is 0 Å². The van der Waals surface area contributed by atoms with Crippen LogP contribution < -0.4 is 4.90 Å². The number of ether oxygens (including phenoxy) is 1. The molecule has 1 saturated heterocycles. The van der Waals surface area contributed by atoms with Gasteiger partial charge in [0.25, 0.3) is 0 Å². The number of carbonyl (C=O) groups excluding carboxylic acids is 2. The number of ketones is 1. The number of benzene rings is 2. The molecule has 1 N–H and O–H groups in total. The summed E-state index contributed by atoms with van der Waals surface area (Å²) in [5, 5.41) is 9.07. The molecule has 0 radical (unpaired) electrons. The molecule has 2 aromatic rings. The van der Waals surface area contributed by atoms with E-state index in [1.807, 2.05) is 35.2 Å². The van der Waals surface area contributed by atoms with E-state index in [1.54, 1.807) is 6.07 Å². The van der Waals surface area contributed by atoms with Crippen molar-refractivity contribution in [2.45, 2.75) is 132 Å². The van der Waals surface area contributed by atoms with Crippen LogP contribution in [0.5, 0.6) is 0 Å². The summed E-state index contributed by atoms with van der Waals surface area (Å²) in [5.74, 6) is 3.28. The number of esters is 1. The molecular weight excluding hydrogens is 855 g/mol. The van der Waals surface area contributed by atoms with Crippen molar-refractivity contribution in [3.8, 4) is 0 Å². The second-order valence-corrected chi connectivity index (χ2v) is 20.5. The number of aliphatic hydroxyl groups excluding tert-OH is 1. The standard InChI is InChI=1S/C27H40O3.C22H26F3N3OS.2ClH/c1-26-15-13-20(28)17-19(26)8-9-21-22-10-11-24(27(22,2)16-14-23(21)26)30-25(29)12-7-18-5-3-4-6-18;23-22(24,25)17-6-7-21-19(16-17)28(18-4-1-2-5-20(18)30-21)9-3-8-26-10-12-27(13-11-26)14-15-29;;/h17-18,21-24H,3-16H2,1-2H3;1-2,4-7,16,29H,3,8-15H2;2*1H/t21-,22-,23-,24-,26-,27-;;;/m0.../s1. The van der Waals surface area contributed by atoms with Crippen molar-refractivity contribution in [3.05, 3.63) is 59.7 Å². The van der Waals surface area contributed by atoms with Gasteiger partial charge in [-0.1, -0.05) is 69.0 Å². The zero-order valence-corrected chi connectivity index (χ0v) is 39.1. The van der Waals surface area contributed by atoms with Gasteiger partial charge in [-0.15, -0.1) is 24.8 Å². The first-order valence-electron chi connectivity index (χ1n) is 23.1. The summed E-state index contributed by atoms with van der Waals surface area (Å²) in [6, 6.07) is 11.9. The van der Waals surface area contributed by atoms with E-state index in [9.17, 15) is 22.8 Å². The molecule has 344 valence electrons. The minimum atomic E-state index is -4.35. The Labute approximate surface area is 384 Å². The van der Waals surface area contributed by atoms with Gasteiger partial charge in [0.05, 0.1) is 23.5 Å². The van der Waals surface area contributed by atoms with Crippen LogP contribution >= 0.6 is 36.6 Å². The Morgan fingerprint density at radius 3 is 2.27 bits per heavy atom. The van der Waals surface area contributed by atoms with Gasteiger partial charge in [-0.05, 0) is 130 Å². The fourth-order valence-electron chi connectivity index (χ4n) is 12.6. The maximum absolute atomic E-state index is 13.3. The molecule has 6 atom stereocenters. The molecular formula is C49H68Cl2F3N3O4S. The van der Waals surface area contributed by atoms with Crippen molar-refractivity contribution < 1.29 is 32.6 Å². The molecule has 13 heteroatoms. The van der Waals surface area contributed by atoms with Crippen molar-refractivity contribution in [1.82, 2.24) is 9.80 Å². The second kappa shape index (κ2) is 20.9. The maximum Gasteiger partial charge on any atom is 0.416 e. The van der Waals surface area contributed by atoms with Crippen LogP contribution in [0.25, 0.3) is 0 Å². The highest BCUT2D eigenvalue weighted by molar-refractivity contribution is 7.99. The Morgan fingerprint density at radius 2 is 1.55 bits per heavy atom. The van der Waals surface area contributed by atoms with E-state index in [0.717, 1.165) is 98.6 Å². The number of rotatable bonds is 10. The summed E-state index contributed by atoms with van der Waals surface area (Å²) in [6.07, 6.45) is 14.4. The van der Waals surface area contributed by atoms with Gasteiger partial charge in [0.1, 0.15) is 6.10 Å². The van der Waals surface area contributed by atoms with Gasteiger partial charge in [-0.2, -0.15) is 13.2 Å². The zero-order valence-electron chi connectivity index (χ0n) is 36.6. The molecule has 9 rings (SSSR count). The molecule has 5 aliphatic carbocycles. The van der Waals surface area contributed by atoms with E-state index in [2.05, 4.69) is 23.6 Å². The SMILES string of the molecule is C[C@]12CC[C@H]3[C@@H](CCC4=CC(=O)CC[C@@]43C)[C@@H]1CC[C@@H]2OC(=O)CCC1CCCC1.Cl.Cl.OCCN1CCN(CCCN2c3ccccc3Sc3ccc(C(F)(F)F)cc32)CC1. The predicted octanol–water partition coefficient (Wildman–Crippen LogP) is 11.6. The van der Waals surface area contributed by atoms with Gasteiger partial charge in [0, 0.05) is 67.3 Å². The lowest BCUT2D eigenvalue weighted by molar-refractivity contribution is -0.160.